The van der Waals surface area contributed by atoms with Crippen LogP contribution in [0.15, 0.2) is 15.7 Å². The number of rotatable bonds is 4. The zero-order valence-electron chi connectivity index (χ0n) is 11.9. The Morgan fingerprint density at radius 2 is 1.89 bits per heavy atom. The molecule has 0 fully saturated rings. The molecule has 1 unspecified atom stereocenters. The van der Waals surface area contributed by atoms with Crippen LogP contribution in [0.2, 0.25) is 0 Å². The van der Waals surface area contributed by atoms with Crippen LogP contribution in [-0.4, -0.2) is 40.1 Å². The van der Waals surface area contributed by atoms with Crippen molar-refractivity contribution in [3.63, 3.8) is 0 Å². The lowest BCUT2D eigenvalue weighted by molar-refractivity contribution is -0.130. The second-order valence-corrected chi connectivity index (χ2v) is 4.71. The number of aromatic nitrogens is 2. The minimum absolute atomic E-state index is 0.0613. The molecule has 0 aliphatic carbocycles. The third-order valence-electron chi connectivity index (χ3n) is 3.03. The van der Waals surface area contributed by atoms with Gasteiger partial charge in [-0.2, -0.15) is 0 Å². The smallest absolute Gasteiger partial charge is 0.330 e. The SMILES string of the molecule is CC(NCc1cc(=O)n(C)c(=O)n1C)C(=O)N(C)C. The molecule has 7 nitrogen and oxygen atoms in total. The summed E-state index contributed by atoms with van der Waals surface area (Å²) >= 11 is 0. The summed E-state index contributed by atoms with van der Waals surface area (Å²) in [6.07, 6.45) is 0. The number of hydrogen-bond donors (Lipinski definition) is 1. The lowest BCUT2D eigenvalue weighted by Gasteiger charge is -2.18. The van der Waals surface area contributed by atoms with Gasteiger partial charge in [0.1, 0.15) is 0 Å². The molecule has 0 radical (unpaired) electrons. The third-order valence-corrected chi connectivity index (χ3v) is 3.03. The van der Waals surface area contributed by atoms with Crippen LogP contribution in [0.3, 0.4) is 0 Å². The predicted octanol–water partition coefficient (Wildman–Crippen LogP) is -1.35. The number of carbonyl (C=O) groups is 1. The lowest BCUT2D eigenvalue weighted by Crippen LogP contribution is -2.43. The first-order valence-corrected chi connectivity index (χ1v) is 5.96. The Kier molecular flexibility index (Phi) is 4.66. The van der Waals surface area contributed by atoms with Gasteiger partial charge in [-0.05, 0) is 6.92 Å². The van der Waals surface area contributed by atoms with Crippen molar-refractivity contribution in [2.24, 2.45) is 14.1 Å². The molecule has 1 aromatic rings. The molecule has 0 aromatic carbocycles. The second kappa shape index (κ2) is 5.83. The molecule has 1 heterocycles. The van der Waals surface area contributed by atoms with Gasteiger partial charge in [-0.3, -0.25) is 18.7 Å². The zero-order chi connectivity index (χ0) is 14.7. The predicted molar refractivity (Wildman–Crippen MR) is 71.9 cm³/mol. The van der Waals surface area contributed by atoms with E-state index in [2.05, 4.69) is 5.32 Å². The molecule has 0 aliphatic rings. The van der Waals surface area contributed by atoms with E-state index in [4.69, 9.17) is 0 Å². The van der Waals surface area contributed by atoms with E-state index < -0.39 is 0 Å². The fraction of sp³-hybridized carbons (Fsp3) is 0.583. The molecule has 106 valence electrons. The van der Waals surface area contributed by atoms with Gasteiger partial charge in [0, 0.05) is 46.5 Å². The topological polar surface area (TPSA) is 76.3 Å². The first-order chi connectivity index (χ1) is 8.75. The molecule has 19 heavy (non-hydrogen) atoms. The average Bonchev–Trinajstić information content (AvgIpc) is 2.37. The molecule has 1 atom stereocenters. The van der Waals surface area contributed by atoms with E-state index in [0.29, 0.717) is 5.69 Å². The highest BCUT2D eigenvalue weighted by atomic mass is 16.2. The first-order valence-electron chi connectivity index (χ1n) is 5.96. The van der Waals surface area contributed by atoms with Crippen LogP contribution in [0.25, 0.3) is 0 Å². The summed E-state index contributed by atoms with van der Waals surface area (Å²) in [4.78, 5) is 36.4. The largest absolute Gasteiger partial charge is 0.347 e. The number of amides is 1. The quantitative estimate of drug-likeness (QED) is 0.732. The Hall–Kier alpha value is -1.89. The lowest BCUT2D eigenvalue weighted by atomic mass is 10.3. The highest BCUT2D eigenvalue weighted by molar-refractivity contribution is 5.80. The van der Waals surface area contributed by atoms with Crippen LogP contribution in [0.4, 0.5) is 0 Å². The van der Waals surface area contributed by atoms with Crippen molar-refractivity contribution in [2.75, 3.05) is 14.1 Å². The van der Waals surface area contributed by atoms with Crippen molar-refractivity contribution in [3.8, 4) is 0 Å². The molecule has 7 heteroatoms. The van der Waals surface area contributed by atoms with Gasteiger partial charge in [-0.15, -0.1) is 0 Å². The standard InChI is InChI=1S/C12H20N4O3/c1-8(11(18)14(2)3)13-7-9-6-10(17)16(5)12(19)15(9)4/h6,8,13H,7H2,1-5H3. The Morgan fingerprint density at radius 3 is 2.42 bits per heavy atom. The number of carbonyl (C=O) groups excluding carboxylic acids is 1. The van der Waals surface area contributed by atoms with Gasteiger partial charge in [0.25, 0.3) is 5.56 Å². The molecular formula is C12H20N4O3. The summed E-state index contributed by atoms with van der Waals surface area (Å²) in [5.74, 6) is -0.0613. The second-order valence-electron chi connectivity index (χ2n) is 4.71. The molecule has 1 amide bonds. The third kappa shape index (κ3) is 3.31. The highest BCUT2D eigenvalue weighted by Gasteiger charge is 2.15. The van der Waals surface area contributed by atoms with Gasteiger partial charge in [-0.1, -0.05) is 0 Å². The van der Waals surface area contributed by atoms with Crippen LogP contribution in [-0.2, 0) is 25.4 Å². The van der Waals surface area contributed by atoms with Crippen LogP contribution in [0.1, 0.15) is 12.6 Å². The molecule has 0 bridgehead atoms. The molecule has 0 saturated heterocycles. The summed E-state index contributed by atoms with van der Waals surface area (Å²) in [7, 11) is 6.38. The molecular weight excluding hydrogens is 248 g/mol. The van der Waals surface area contributed by atoms with E-state index in [9.17, 15) is 14.4 Å². The van der Waals surface area contributed by atoms with Crippen LogP contribution in [0.5, 0.6) is 0 Å². The van der Waals surface area contributed by atoms with Crippen LogP contribution >= 0.6 is 0 Å². The van der Waals surface area contributed by atoms with Crippen molar-refractivity contribution in [1.82, 2.24) is 19.4 Å². The van der Waals surface area contributed by atoms with Crippen molar-refractivity contribution in [3.05, 3.63) is 32.6 Å². The monoisotopic (exact) mass is 268 g/mol. The van der Waals surface area contributed by atoms with E-state index in [-0.39, 0.29) is 29.7 Å². The van der Waals surface area contributed by atoms with E-state index in [1.165, 1.54) is 22.6 Å². The number of likely N-dealkylation sites (N-methyl/N-ethyl adjacent to an activating group) is 1. The Morgan fingerprint density at radius 1 is 1.32 bits per heavy atom. The molecule has 1 aromatic heterocycles. The summed E-state index contributed by atoms with van der Waals surface area (Å²) < 4.78 is 2.43. The summed E-state index contributed by atoms with van der Waals surface area (Å²) in [5.41, 5.74) is -0.186. The Balaban J connectivity index is 2.88. The minimum atomic E-state index is -0.380. The van der Waals surface area contributed by atoms with Crippen molar-refractivity contribution < 1.29 is 4.79 Å². The van der Waals surface area contributed by atoms with E-state index in [0.717, 1.165) is 4.57 Å². The Labute approximate surface area is 111 Å². The fourth-order valence-electron chi connectivity index (χ4n) is 1.68. The summed E-state index contributed by atoms with van der Waals surface area (Å²) in [6.45, 7) is 2.02. The molecule has 0 aliphatic heterocycles. The van der Waals surface area contributed by atoms with Crippen LogP contribution in [0, 0.1) is 0 Å². The molecule has 0 saturated carbocycles. The van der Waals surface area contributed by atoms with Crippen molar-refractivity contribution in [2.45, 2.75) is 19.5 Å². The average molecular weight is 268 g/mol. The molecule has 1 N–H and O–H groups in total. The molecule has 0 spiro atoms. The van der Waals surface area contributed by atoms with Crippen molar-refractivity contribution >= 4 is 5.91 Å². The maximum absolute atomic E-state index is 11.7. The van der Waals surface area contributed by atoms with Gasteiger partial charge in [0.2, 0.25) is 5.91 Å². The Bertz CT molecular complexity index is 586. The molecule has 1 rings (SSSR count). The van der Waals surface area contributed by atoms with Crippen LogP contribution < -0.4 is 16.6 Å². The van der Waals surface area contributed by atoms with Gasteiger partial charge < -0.3 is 10.2 Å². The first kappa shape index (κ1) is 15.2. The zero-order valence-corrected chi connectivity index (χ0v) is 11.9. The summed E-state index contributed by atoms with van der Waals surface area (Å²) in [6, 6.07) is 1.01. The van der Waals surface area contributed by atoms with Gasteiger partial charge in [0.15, 0.2) is 0 Å². The maximum Gasteiger partial charge on any atom is 0.330 e. The van der Waals surface area contributed by atoms with E-state index in [1.807, 2.05) is 0 Å². The summed E-state index contributed by atoms with van der Waals surface area (Å²) in [5, 5.41) is 3.00. The van der Waals surface area contributed by atoms with Gasteiger partial charge in [0.05, 0.1) is 6.04 Å². The minimum Gasteiger partial charge on any atom is -0.347 e. The van der Waals surface area contributed by atoms with E-state index >= 15 is 0 Å². The van der Waals surface area contributed by atoms with E-state index in [1.54, 1.807) is 28.1 Å². The van der Waals surface area contributed by atoms with Gasteiger partial charge >= 0.3 is 5.69 Å². The number of hydrogen-bond acceptors (Lipinski definition) is 4. The normalized spacial score (nSPS) is 12.3. The highest BCUT2D eigenvalue weighted by Crippen LogP contribution is 1.94. The number of nitrogens with one attached hydrogen (secondary N) is 1. The fourth-order valence-corrected chi connectivity index (χ4v) is 1.68. The van der Waals surface area contributed by atoms with Gasteiger partial charge in [-0.25, -0.2) is 4.79 Å². The van der Waals surface area contributed by atoms with Crippen molar-refractivity contribution in [1.29, 1.82) is 0 Å². The maximum atomic E-state index is 11.7. The number of nitrogens with zero attached hydrogens (tertiary/aromatic N) is 3.